The maximum atomic E-state index is 11.8. The number of nitrogens with two attached hydrogens (primary N) is 2. The van der Waals surface area contributed by atoms with Gasteiger partial charge in [-0.1, -0.05) is 35.3 Å². The molecule has 20 heavy (non-hydrogen) atoms. The summed E-state index contributed by atoms with van der Waals surface area (Å²) in [7, 11) is 0. The smallest absolute Gasteiger partial charge is 0.248 e. The lowest BCUT2D eigenvalue weighted by atomic mass is 10.0. The van der Waals surface area contributed by atoms with Crippen LogP contribution in [0.5, 0.6) is 0 Å². The third-order valence-electron chi connectivity index (χ3n) is 2.42. The SMILES string of the molecule is CC(C)(N)C(=O)NC(=O)C(N)c1cccc(Cl)c1Cl.Cl. The van der Waals surface area contributed by atoms with E-state index in [-0.39, 0.29) is 22.5 Å². The second kappa shape index (κ2) is 7.24. The lowest BCUT2D eigenvalue weighted by molar-refractivity contribution is -0.133. The zero-order chi connectivity index (χ0) is 14.8. The van der Waals surface area contributed by atoms with Gasteiger partial charge in [-0.05, 0) is 25.5 Å². The molecule has 0 aromatic heterocycles. The van der Waals surface area contributed by atoms with Gasteiger partial charge in [0.1, 0.15) is 6.04 Å². The highest BCUT2D eigenvalue weighted by Gasteiger charge is 2.27. The van der Waals surface area contributed by atoms with Crippen molar-refractivity contribution in [1.82, 2.24) is 5.32 Å². The summed E-state index contributed by atoms with van der Waals surface area (Å²) in [6.45, 7) is 2.96. The van der Waals surface area contributed by atoms with Gasteiger partial charge in [0.25, 0.3) is 0 Å². The van der Waals surface area contributed by atoms with E-state index in [1.165, 1.54) is 13.8 Å². The van der Waals surface area contributed by atoms with Crippen LogP contribution in [0.1, 0.15) is 25.5 Å². The van der Waals surface area contributed by atoms with Crippen LogP contribution in [0.2, 0.25) is 10.0 Å². The van der Waals surface area contributed by atoms with Crippen molar-refractivity contribution < 1.29 is 9.59 Å². The predicted molar refractivity (Wildman–Crippen MR) is 82.1 cm³/mol. The van der Waals surface area contributed by atoms with Crippen LogP contribution in [0.15, 0.2) is 18.2 Å². The highest BCUT2D eigenvalue weighted by molar-refractivity contribution is 6.42. The Morgan fingerprint density at radius 1 is 1.30 bits per heavy atom. The van der Waals surface area contributed by atoms with Crippen LogP contribution in [-0.2, 0) is 9.59 Å². The molecular formula is C12H16Cl3N3O2. The van der Waals surface area contributed by atoms with Crippen molar-refractivity contribution in [2.75, 3.05) is 0 Å². The predicted octanol–water partition coefficient (Wildman–Crippen LogP) is 1.80. The number of hydrogen-bond donors (Lipinski definition) is 3. The fraction of sp³-hybridized carbons (Fsp3) is 0.333. The lowest BCUT2D eigenvalue weighted by Gasteiger charge is -2.19. The van der Waals surface area contributed by atoms with E-state index in [0.29, 0.717) is 5.56 Å². The van der Waals surface area contributed by atoms with E-state index in [2.05, 4.69) is 5.32 Å². The minimum absolute atomic E-state index is 0. The largest absolute Gasteiger partial charge is 0.318 e. The minimum Gasteiger partial charge on any atom is -0.318 e. The molecule has 0 aliphatic heterocycles. The number of amides is 2. The third kappa shape index (κ3) is 4.61. The molecule has 0 aliphatic rings. The third-order valence-corrected chi connectivity index (χ3v) is 3.25. The molecule has 1 aromatic rings. The average molecular weight is 341 g/mol. The Balaban J connectivity index is 0.00000361. The maximum Gasteiger partial charge on any atom is 0.248 e. The van der Waals surface area contributed by atoms with Crippen molar-refractivity contribution in [2.24, 2.45) is 11.5 Å². The van der Waals surface area contributed by atoms with Crippen molar-refractivity contribution in [3.8, 4) is 0 Å². The number of carbonyl (C=O) groups excluding carboxylic acids is 2. The first-order chi connectivity index (χ1) is 8.64. The van der Waals surface area contributed by atoms with E-state index in [4.69, 9.17) is 34.7 Å². The first-order valence-electron chi connectivity index (χ1n) is 5.48. The number of rotatable bonds is 3. The van der Waals surface area contributed by atoms with Crippen molar-refractivity contribution in [3.05, 3.63) is 33.8 Å². The summed E-state index contributed by atoms with van der Waals surface area (Å²) in [5.41, 5.74) is 10.5. The molecule has 0 saturated carbocycles. The van der Waals surface area contributed by atoms with Crippen LogP contribution in [-0.4, -0.2) is 17.4 Å². The average Bonchev–Trinajstić information content (AvgIpc) is 2.30. The zero-order valence-electron chi connectivity index (χ0n) is 10.9. The standard InChI is InChI=1S/C12H15Cl2N3O2.ClH/c1-12(2,16)11(19)17-10(18)9(15)6-4-3-5-7(13)8(6)14;/h3-5,9H,15-16H2,1-2H3,(H,17,18,19);1H. The second-order valence-electron chi connectivity index (χ2n) is 4.66. The number of hydrogen-bond acceptors (Lipinski definition) is 4. The van der Waals surface area contributed by atoms with E-state index < -0.39 is 23.4 Å². The Morgan fingerprint density at radius 3 is 2.35 bits per heavy atom. The van der Waals surface area contributed by atoms with Crippen molar-refractivity contribution in [1.29, 1.82) is 0 Å². The fourth-order valence-electron chi connectivity index (χ4n) is 1.25. The van der Waals surface area contributed by atoms with Crippen LogP contribution < -0.4 is 16.8 Å². The Labute approximate surface area is 133 Å². The summed E-state index contributed by atoms with van der Waals surface area (Å²) in [6, 6.07) is 3.66. The van der Waals surface area contributed by atoms with E-state index in [1.54, 1.807) is 18.2 Å². The van der Waals surface area contributed by atoms with E-state index in [0.717, 1.165) is 0 Å². The summed E-state index contributed by atoms with van der Waals surface area (Å²) in [5, 5.41) is 2.61. The van der Waals surface area contributed by atoms with Crippen LogP contribution in [0.3, 0.4) is 0 Å². The molecular weight excluding hydrogens is 325 g/mol. The molecule has 8 heteroatoms. The van der Waals surface area contributed by atoms with E-state index >= 15 is 0 Å². The lowest BCUT2D eigenvalue weighted by Crippen LogP contribution is -2.52. The van der Waals surface area contributed by atoms with Crippen molar-refractivity contribution in [2.45, 2.75) is 25.4 Å². The summed E-state index contributed by atoms with van der Waals surface area (Å²) in [6.07, 6.45) is 0. The Bertz CT molecular complexity index is 515. The van der Waals surface area contributed by atoms with Gasteiger partial charge in [0.15, 0.2) is 0 Å². The molecule has 0 aliphatic carbocycles. The van der Waals surface area contributed by atoms with E-state index in [9.17, 15) is 9.59 Å². The van der Waals surface area contributed by atoms with Crippen molar-refractivity contribution >= 4 is 47.4 Å². The molecule has 2 amide bonds. The van der Waals surface area contributed by atoms with Gasteiger partial charge in [0.05, 0.1) is 15.6 Å². The molecule has 0 fully saturated rings. The van der Waals surface area contributed by atoms with Gasteiger partial charge in [-0.2, -0.15) is 0 Å². The molecule has 0 spiro atoms. The molecule has 5 N–H and O–H groups in total. The fourth-order valence-corrected chi connectivity index (χ4v) is 1.68. The van der Waals surface area contributed by atoms with Crippen LogP contribution in [0.4, 0.5) is 0 Å². The molecule has 0 heterocycles. The maximum absolute atomic E-state index is 11.8. The van der Waals surface area contributed by atoms with Gasteiger partial charge in [-0.3, -0.25) is 14.9 Å². The molecule has 1 unspecified atom stereocenters. The van der Waals surface area contributed by atoms with E-state index in [1.807, 2.05) is 0 Å². The van der Waals surface area contributed by atoms with Crippen LogP contribution in [0, 0.1) is 0 Å². The Morgan fingerprint density at radius 2 is 1.85 bits per heavy atom. The zero-order valence-corrected chi connectivity index (χ0v) is 13.3. The first kappa shape index (κ1) is 19.1. The van der Waals surface area contributed by atoms with Gasteiger partial charge in [-0.25, -0.2) is 0 Å². The number of benzene rings is 1. The summed E-state index contributed by atoms with van der Waals surface area (Å²) in [5.74, 6) is -1.31. The van der Waals surface area contributed by atoms with Crippen LogP contribution in [0.25, 0.3) is 0 Å². The number of carbonyl (C=O) groups is 2. The number of imide groups is 1. The second-order valence-corrected chi connectivity index (χ2v) is 5.45. The Hall–Kier alpha value is -0.850. The molecule has 0 bridgehead atoms. The van der Waals surface area contributed by atoms with Gasteiger partial charge in [0, 0.05) is 0 Å². The molecule has 0 radical (unpaired) electrons. The van der Waals surface area contributed by atoms with Gasteiger partial charge < -0.3 is 11.5 Å². The normalized spacial score (nSPS) is 12.3. The first-order valence-corrected chi connectivity index (χ1v) is 6.24. The van der Waals surface area contributed by atoms with Gasteiger partial charge in [-0.15, -0.1) is 12.4 Å². The summed E-state index contributed by atoms with van der Waals surface area (Å²) >= 11 is 11.8. The van der Waals surface area contributed by atoms with Gasteiger partial charge in [0.2, 0.25) is 11.8 Å². The molecule has 1 aromatic carbocycles. The monoisotopic (exact) mass is 339 g/mol. The van der Waals surface area contributed by atoms with Crippen LogP contribution >= 0.6 is 35.6 Å². The quantitative estimate of drug-likeness (QED) is 0.781. The molecule has 1 rings (SSSR count). The topological polar surface area (TPSA) is 98.2 Å². The number of nitrogens with one attached hydrogen (secondary N) is 1. The highest BCUT2D eigenvalue weighted by atomic mass is 35.5. The summed E-state index contributed by atoms with van der Waals surface area (Å²) in [4.78, 5) is 23.4. The van der Waals surface area contributed by atoms with Crippen molar-refractivity contribution in [3.63, 3.8) is 0 Å². The molecule has 1 atom stereocenters. The molecule has 5 nitrogen and oxygen atoms in total. The minimum atomic E-state index is -1.17. The van der Waals surface area contributed by atoms with Gasteiger partial charge >= 0.3 is 0 Å². The molecule has 0 saturated heterocycles. The highest BCUT2D eigenvalue weighted by Crippen LogP contribution is 2.29. The number of halogens is 3. The summed E-state index contributed by atoms with van der Waals surface area (Å²) < 4.78 is 0. The Kier molecular flexibility index (Phi) is 6.93. The molecule has 112 valence electrons.